The molecule has 1 N–H and O–H groups in total. The summed E-state index contributed by atoms with van der Waals surface area (Å²) in [6, 6.07) is 3.49. The first kappa shape index (κ1) is 13.3. The molecule has 2 heterocycles. The molecule has 0 radical (unpaired) electrons. The van der Waals surface area contributed by atoms with Gasteiger partial charge in [0.2, 0.25) is 0 Å². The van der Waals surface area contributed by atoms with Gasteiger partial charge in [-0.1, -0.05) is 0 Å². The zero-order valence-electron chi connectivity index (χ0n) is 10.7. The van der Waals surface area contributed by atoms with E-state index >= 15 is 0 Å². The van der Waals surface area contributed by atoms with Crippen LogP contribution < -0.4 is 4.90 Å². The van der Waals surface area contributed by atoms with Crippen molar-refractivity contribution in [2.45, 2.75) is 12.8 Å². The van der Waals surface area contributed by atoms with Gasteiger partial charge in [0.15, 0.2) is 0 Å². The second kappa shape index (κ2) is 5.69. The molecule has 0 aliphatic carbocycles. The van der Waals surface area contributed by atoms with Crippen LogP contribution in [0.25, 0.3) is 0 Å². The molecule has 0 bridgehead atoms. The first-order valence-electron chi connectivity index (χ1n) is 6.14. The number of esters is 1. The van der Waals surface area contributed by atoms with Gasteiger partial charge in [-0.15, -0.1) is 0 Å². The number of pyridine rings is 1. The molecule has 0 atom stereocenters. The van der Waals surface area contributed by atoms with Gasteiger partial charge in [-0.2, -0.15) is 0 Å². The number of ether oxygens (including phenoxy) is 1. The van der Waals surface area contributed by atoms with Crippen LogP contribution in [-0.4, -0.2) is 42.2 Å². The molecule has 1 saturated heterocycles. The summed E-state index contributed by atoms with van der Waals surface area (Å²) in [5.74, 6) is -1.47. The third-order valence-corrected chi connectivity index (χ3v) is 3.35. The number of piperidine rings is 1. The van der Waals surface area contributed by atoms with Crippen molar-refractivity contribution in [1.29, 1.82) is 0 Å². The quantitative estimate of drug-likeness (QED) is 0.825. The lowest BCUT2D eigenvalue weighted by molar-refractivity contribution is -0.142. The second-order valence-corrected chi connectivity index (χ2v) is 4.49. The molecule has 0 saturated carbocycles. The van der Waals surface area contributed by atoms with E-state index in [-0.39, 0.29) is 11.6 Å². The Balaban J connectivity index is 2.07. The van der Waals surface area contributed by atoms with Crippen LogP contribution in [0.2, 0.25) is 0 Å². The molecule has 19 heavy (non-hydrogen) atoms. The van der Waals surface area contributed by atoms with Gasteiger partial charge >= 0.3 is 11.9 Å². The predicted molar refractivity (Wildman–Crippen MR) is 68.1 cm³/mol. The summed E-state index contributed by atoms with van der Waals surface area (Å²) in [5, 5.41) is 8.95. The summed E-state index contributed by atoms with van der Waals surface area (Å²) in [4.78, 5) is 28.3. The first-order chi connectivity index (χ1) is 9.11. The minimum absolute atomic E-state index is 0.264. The van der Waals surface area contributed by atoms with Crippen LogP contribution in [0.4, 0.5) is 5.69 Å². The predicted octanol–water partition coefficient (Wildman–Crippen LogP) is 1.17. The molecule has 1 fully saturated rings. The van der Waals surface area contributed by atoms with Crippen LogP contribution >= 0.6 is 0 Å². The summed E-state index contributed by atoms with van der Waals surface area (Å²) >= 11 is 0. The molecular weight excluding hydrogens is 248 g/mol. The van der Waals surface area contributed by atoms with E-state index in [1.807, 2.05) is 6.07 Å². The van der Waals surface area contributed by atoms with Crippen molar-refractivity contribution < 1.29 is 19.4 Å². The summed E-state index contributed by atoms with van der Waals surface area (Å²) in [5.41, 5.74) is 1.14. The highest BCUT2D eigenvalue weighted by molar-refractivity contribution is 5.88. The Kier molecular flexibility index (Phi) is 3.99. The lowest BCUT2D eigenvalue weighted by Gasteiger charge is -2.31. The third-order valence-electron chi connectivity index (χ3n) is 3.35. The number of carboxylic acid groups (broad SMARTS) is 1. The molecule has 6 nitrogen and oxygen atoms in total. The molecular formula is C13H16N2O4. The maximum Gasteiger partial charge on any atom is 0.356 e. The summed E-state index contributed by atoms with van der Waals surface area (Å²) < 4.78 is 4.63. The topological polar surface area (TPSA) is 79.7 Å². The highest BCUT2D eigenvalue weighted by Gasteiger charge is 2.24. The van der Waals surface area contributed by atoms with Crippen LogP contribution in [0.1, 0.15) is 23.3 Å². The molecule has 102 valence electrons. The average Bonchev–Trinajstić information content (AvgIpc) is 2.46. The van der Waals surface area contributed by atoms with Gasteiger partial charge in [0.05, 0.1) is 13.0 Å². The Morgan fingerprint density at radius 3 is 2.68 bits per heavy atom. The van der Waals surface area contributed by atoms with Crippen LogP contribution in [0.15, 0.2) is 18.3 Å². The average molecular weight is 264 g/mol. The minimum Gasteiger partial charge on any atom is -0.481 e. The van der Waals surface area contributed by atoms with Gasteiger partial charge in [0, 0.05) is 25.0 Å². The summed E-state index contributed by atoms with van der Waals surface area (Å²) in [6.45, 7) is 1.34. The van der Waals surface area contributed by atoms with Crippen molar-refractivity contribution in [2.24, 2.45) is 5.92 Å². The molecule has 1 aliphatic heterocycles. The van der Waals surface area contributed by atoms with Gasteiger partial charge in [0.25, 0.3) is 0 Å². The van der Waals surface area contributed by atoms with Crippen molar-refractivity contribution in [3.8, 4) is 0 Å². The maximum absolute atomic E-state index is 11.4. The largest absolute Gasteiger partial charge is 0.481 e. The Bertz CT molecular complexity index is 481. The van der Waals surface area contributed by atoms with E-state index in [0.717, 1.165) is 5.69 Å². The van der Waals surface area contributed by atoms with E-state index in [0.29, 0.717) is 25.9 Å². The Hall–Kier alpha value is -2.11. The monoisotopic (exact) mass is 264 g/mol. The fourth-order valence-corrected chi connectivity index (χ4v) is 2.22. The molecule has 1 aromatic heterocycles. The van der Waals surface area contributed by atoms with Crippen molar-refractivity contribution >= 4 is 17.6 Å². The number of rotatable bonds is 3. The van der Waals surface area contributed by atoms with E-state index in [2.05, 4.69) is 14.6 Å². The van der Waals surface area contributed by atoms with Crippen LogP contribution in [0.5, 0.6) is 0 Å². The Morgan fingerprint density at radius 1 is 1.42 bits per heavy atom. The highest BCUT2D eigenvalue weighted by Crippen LogP contribution is 2.23. The van der Waals surface area contributed by atoms with Crippen LogP contribution in [0.3, 0.4) is 0 Å². The zero-order chi connectivity index (χ0) is 13.8. The lowest BCUT2D eigenvalue weighted by Crippen LogP contribution is -2.36. The molecule has 0 unspecified atom stereocenters. The van der Waals surface area contributed by atoms with Gasteiger partial charge in [0.1, 0.15) is 5.69 Å². The third kappa shape index (κ3) is 3.01. The summed E-state index contributed by atoms with van der Waals surface area (Å²) in [6.07, 6.45) is 2.79. The molecule has 2 rings (SSSR count). The molecule has 0 spiro atoms. The molecule has 1 aromatic rings. The van der Waals surface area contributed by atoms with Crippen molar-refractivity contribution in [1.82, 2.24) is 4.98 Å². The van der Waals surface area contributed by atoms with E-state index in [1.165, 1.54) is 7.11 Å². The van der Waals surface area contributed by atoms with Gasteiger partial charge in [-0.25, -0.2) is 9.78 Å². The SMILES string of the molecule is COC(=O)c1cc(N2CCC(C(=O)O)CC2)ccn1. The normalized spacial score (nSPS) is 16.2. The van der Waals surface area contributed by atoms with Gasteiger partial charge in [-0.3, -0.25) is 4.79 Å². The molecule has 0 aromatic carbocycles. The van der Waals surface area contributed by atoms with Gasteiger partial charge < -0.3 is 14.7 Å². The minimum atomic E-state index is -0.732. The number of carboxylic acids is 1. The second-order valence-electron chi connectivity index (χ2n) is 4.49. The standard InChI is InChI=1S/C13H16N2O4/c1-19-13(18)11-8-10(2-5-14-11)15-6-3-9(4-7-15)12(16)17/h2,5,8-9H,3-4,6-7H2,1H3,(H,16,17). The van der Waals surface area contributed by atoms with E-state index in [1.54, 1.807) is 12.3 Å². The number of carbonyl (C=O) groups is 2. The number of carbonyl (C=O) groups excluding carboxylic acids is 1. The van der Waals surface area contributed by atoms with E-state index < -0.39 is 11.9 Å². The van der Waals surface area contributed by atoms with Crippen LogP contribution in [0, 0.1) is 5.92 Å². The molecule has 6 heteroatoms. The number of nitrogens with zero attached hydrogens (tertiary/aromatic N) is 2. The van der Waals surface area contributed by atoms with Gasteiger partial charge in [-0.05, 0) is 25.0 Å². The Labute approximate surface area is 111 Å². The number of hydrogen-bond donors (Lipinski definition) is 1. The fourth-order valence-electron chi connectivity index (χ4n) is 2.22. The first-order valence-corrected chi connectivity index (χ1v) is 6.14. The zero-order valence-corrected chi connectivity index (χ0v) is 10.7. The van der Waals surface area contributed by atoms with E-state index in [4.69, 9.17) is 5.11 Å². The number of hydrogen-bond acceptors (Lipinski definition) is 5. The molecule has 1 aliphatic rings. The van der Waals surface area contributed by atoms with Crippen molar-refractivity contribution in [2.75, 3.05) is 25.1 Å². The van der Waals surface area contributed by atoms with Crippen molar-refractivity contribution in [3.63, 3.8) is 0 Å². The smallest absolute Gasteiger partial charge is 0.356 e. The number of anilines is 1. The fraction of sp³-hybridized carbons (Fsp3) is 0.462. The number of methoxy groups -OCH3 is 1. The summed E-state index contributed by atoms with van der Waals surface area (Å²) in [7, 11) is 1.31. The molecule has 0 amide bonds. The van der Waals surface area contributed by atoms with E-state index in [9.17, 15) is 9.59 Å². The lowest BCUT2D eigenvalue weighted by atomic mass is 9.97. The highest BCUT2D eigenvalue weighted by atomic mass is 16.5. The number of aliphatic carboxylic acids is 1. The Morgan fingerprint density at radius 2 is 2.11 bits per heavy atom. The maximum atomic E-state index is 11.4. The number of aromatic nitrogens is 1. The van der Waals surface area contributed by atoms with Crippen LogP contribution in [-0.2, 0) is 9.53 Å². The van der Waals surface area contributed by atoms with Crippen molar-refractivity contribution in [3.05, 3.63) is 24.0 Å².